The van der Waals surface area contributed by atoms with E-state index in [4.69, 9.17) is 29.0 Å². The van der Waals surface area contributed by atoms with Crippen LogP contribution in [0.5, 0.6) is 0 Å². The molecule has 0 aliphatic carbocycles. The summed E-state index contributed by atoms with van der Waals surface area (Å²) >= 11 is 11.8. The highest BCUT2D eigenvalue weighted by molar-refractivity contribution is 6.34. The van der Waals surface area contributed by atoms with Crippen molar-refractivity contribution in [2.75, 3.05) is 0 Å². The van der Waals surface area contributed by atoms with Crippen molar-refractivity contribution in [3.05, 3.63) is 28.0 Å². The fraction of sp³-hybridized carbons (Fsp3) is 0.364. The monoisotopic (exact) mass is 257 g/mol. The summed E-state index contributed by atoms with van der Waals surface area (Å²) in [6.07, 6.45) is 3.05. The molecule has 0 spiro atoms. The van der Waals surface area contributed by atoms with E-state index >= 15 is 0 Å². The average molecular weight is 258 g/mol. The number of nitrogens with one attached hydrogen (secondary N) is 1. The van der Waals surface area contributed by atoms with E-state index in [1.165, 1.54) is 0 Å². The molecule has 1 unspecified atom stereocenters. The highest BCUT2D eigenvalue weighted by Gasteiger charge is 2.14. The van der Waals surface area contributed by atoms with Crippen molar-refractivity contribution in [3.8, 4) is 11.8 Å². The fourth-order valence-electron chi connectivity index (χ4n) is 1.32. The van der Waals surface area contributed by atoms with Gasteiger partial charge in [0, 0.05) is 12.6 Å². The number of halogens is 2. The fourth-order valence-corrected chi connectivity index (χ4v) is 1.83. The van der Waals surface area contributed by atoms with Crippen molar-refractivity contribution in [2.45, 2.75) is 25.8 Å². The Morgan fingerprint density at radius 3 is 2.88 bits per heavy atom. The van der Waals surface area contributed by atoms with Gasteiger partial charge < -0.3 is 0 Å². The molecule has 3 N–H and O–H groups in total. The van der Waals surface area contributed by atoms with Crippen molar-refractivity contribution in [1.29, 1.82) is 0 Å². The molecule has 5 heteroatoms. The van der Waals surface area contributed by atoms with Gasteiger partial charge in [-0.05, 0) is 19.4 Å². The molecule has 0 saturated carbocycles. The molecular formula is C11H13Cl2N3. The van der Waals surface area contributed by atoms with Crippen molar-refractivity contribution in [2.24, 2.45) is 5.84 Å². The number of rotatable bonds is 4. The van der Waals surface area contributed by atoms with E-state index in [9.17, 15) is 0 Å². The molecule has 0 bridgehead atoms. The maximum absolute atomic E-state index is 6.04. The minimum atomic E-state index is -0.106. The first-order chi connectivity index (χ1) is 7.69. The molecule has 0 radical (unpaired) electrons. The van der Waals surface area contributed by atoms with Gasteiger partial charge in [-0.1, -0.05) is 23.2 Å². The lowest BCUT2D eigenvalue weighted by Crippen LogP contribution is -2.28. The molecule has 86 valence electrons. The van der Waals surface area contributed by atoms with E-state index in [2.05, 4.69) is 22.3 Å². The first kappa shape index (κ1) is 13.3. The van der Waals surface area contributed by atoms with Gasteiger partial charge in [-0.2, -0.15) is 0 Å². The summed E-state index contributed by atoms with van der Waals surface area (Å²) in [6.45, 7) is 1.80. The van der Waals surface area contributed by atoms with Crippen molar-refractivity contribution in [1.82, 2.24) is 10.4 Å². The summed E-state index contributed by atoms with van der Waals surface area (Å²) in [7, 11) is 0. The topological polar surface area (TPSA) is 50.9 Å². The zero-order valence-corrected chi connectivity index (χ0v) is 10.4. The predicted octanol–water partition coefficient (Wildman–Crippen LogP) is 2.70. The van der Waals surface area contributed by atoms with Crippen LogP contribution in [-0.4, -0.2) is 4.98 Å². The van der Waals surface area contributed by atoms with Crippen LogP contribution in [0.3, 0.4) is 0 Å². The molecule has 0 saturated heterocycles. The third-order valence-corrected chi connectivity index (χ3v) is 2.61. The lowest BCUT2D eigenvalue weighted by molar-refractivity contribution is 0.512. The van der Waals surface area contributed by atoms with Gasteiger partial charge in [-0.3, -0.25) is 16.3 Å². The van der Waals surface area contributed by atoms with Gasteiger partial charge in [0.05, 0.1) is 21.8 Å². The lowest BCUT2D eigenvalue weighted by Gasteiger charge is -2.15. The molecule has 1 aromatic heterocycles. The minimum Gasteiger partial charge on any atom is -0.271 e. The van der Waals surface area contributed by atoms with Crippen LogP contribution in [0.25, 0.3) is 0 Å². The summed E-state index contributed by atoms with van der Waals surface area (Å²) in [5.41, 5.74) is 3.38. The number of aromatic nitrogens is 1. The zero-order chi connectivity index (χ0) is 12.0. The molecular weight excluding hydrogens is 245 g/mol. The number of hydrogen-bond donors (Lipinski definition) is 2. The highest BCUT2D eigenvalue weighted by atomic mass is 35.5. The number of nitrogens with two attached hydrogens (primary N) is 1. The standard InChI is InChI=1S/C11H13Cl2N3/c1-2-3-4-5-10(16-14)11-9(13)6-8(12)7-15-11/h6-7,10,16H,4-5,14H2,1H3. The van der Waals surface area contributed by atoms with Crippen LogP contribution < -0.4 is 11.3 Å². The Morgan fingerprint density at radius 2 is 2.31 bits per heavy atom. The molecule has 0 aromatic carbocycles. The number of hydrogen-bond acceptors (Lipinski definition) is 3. The van der Waals surface area contributed by atoms with Gasteiger partial charge >= 0.3 is 0 Å². The molecule has 0 aliphatic heterocycles. The second kappa shape index (κ2) is 6.72. The van der Waals surface area contributed by atoms with E-state index < -0.39 is 0 Å². The largest absolute Gasteiger partial charge is 0.271 e. The second-order valence-corrected chi connectivity index (χ2v) is 4.05. The van der Waals surface area contributed by atoms with Crippen LogP contribution in [0.4, 0.5) is 0 Å². The Balaban J connectivity index is 2.80. The van der Waals surface area contributed by atoms with Gasteiger partial charge in [0.25, 0.3) is 0 Å². The Kier molecular flexibility index (Phi) is 5.58. The Morgan fingerprint density at radius 1 is 1.56 bits per heavy atom. The molecule has 0 amide bonds. The molecule has 1 heterocycles. The van der Waals surface area contributed by atoms with Crippen LogP contribution in [0.1, 0.15) is 31.5 Å². The van der Waals surface area contributed by atoms with Gasteiger partial charge in [0.1, 0.15) is 0 Å². The quantitative estimate of drug-likeness (QED) is 0.496. The average Bonchev–Trinajstić information content (AvgIpc) is 2.26. The first-order valence-electron chi connectivity index (χ1n) is 4.85. The van der Waals surface area contributed by atoms with Gasteiger partial charge in [-0.25, -0.2) is 0 Å². The van der Waals surface area contributed by atoms with Crippen LogP contribution in [0, 0.1) is 11.8 Å². The molecule has 1 rings (SSSR count). The van der Waals surface area contributed by atoms with E-state index in [0.717, 1.165) is 12.8 Å². The van der Waals surface area contributed by atoms with Gasteiger partial charge in [0.2, 0.25) is 0 Å². The van der Waals surface area contributed by atoms with Crippen LogP contribution in [0.2, 0.25) is 10.0 Å². The Hall–Kier alpha value is -0.790. The third kappa shape index (κ3) is 3.66. The van der Waals surface area contributed by atoms with Crippen molar-refractivity contribution in [3.63, 3.8) is 0 Å². The summed E-state index contributed by atoms with van der Waals surface area (Å²) in [4.78, 5) is 4.17. The minimum absolute atomic E-state index is 0.106. The molecule has 0 fully saturated rings. The molecule has 16 heavy (non-hydrogen) atoms. The smallest absolute Gasteiger partial charge is 0.0773 e. The Bertz CT molecular complexity index is 409. The van der Waals surface area contributed by atoms with Gasteiger partial charge in [-0.15, -0.1) is 11.8 Å². The van der Waals surface area contributed by atoms with Crippen molar-refractivity contribution >= 4 is 23.2 Å². The normalized spacial score (nSPS) is 11.8. The maximum atomic E-state index is 6.04. The molecule has 3 nitrogen and oxygen atoms in total. The highest BCUT2D eigenvalue weighted by Crippen LogP contribution is 2.25. The second-order valence-electron chi connectivity index (χ2n) is 3.21. The van der Waals surface area contributed by atoms with E-state index in [-0.39, 0.29) is 6.04 Å². The predicted molar refractivity (Wildman–Crippen MR) is 67.0 cm³/mol. The summed E-state index contributed by atoms with van der Waals surface area (Å²) in [5.74, 6) is 11.3. The van der Waals surface area contributed by atoms with Gasteiger partial charge in [0.15, 0.2) is 0 Å². The number of hydrazine groups is 1. The number of nitrogens with zero attached hydrogens (tertiary/aromatic N) is 1. The number of pyridine rings is 1. The van der Waals surface area contributed by atoms with Crippen LogP contribution in [0.15, 0.2) is 12.3 Å². The van der Waals surface area contributed by atoms with E-state index in [1.807, 2.05) is 0 Å². The first-order valence-corrected chi connectivity index (χ1v) is 5.61. The SMILES string of the molecule is CC#CCCC(NN)c1ncc(Cl)cc1Cl. The summed E-state index contributed by atoms with van der Waals surface area (Å²) in [6, 6.07) is 1.55. The Labute approximate surface area is 105 Å². The lowest BCUT2D eigenvalue weighted by atomic mass is 10.1. The third-order valence-electron chi connectivity index (χ3n) is 2.10. The van der Waals surface area contributed by atoms with E-state index in [1.54, 1.807) is 19.2 Å². The van der Waals surface area contributed by atoms with Crippen LogP contribution >= 0.6 is 23.2 Å². The van der Waals surface area contributed by atoms with Crippen LogP contribution in [-0.2, 0) is 0 Å². The van der Waals surface area contributed by atoms with Crippen molar-refractivity contribution < 1.29 is 0 Å². The summed E-state index contributed by atoms with van der Waals surface area (Å²) in [5, 5.41) is 1.03. The zero-order valence-electron chi connectivity index (χ0n) is 8.93. The molecule has 0 aliphatic rings. The maximum Gasteiger partial charge on any atom is 0.0773 e. The molecule has 1 aromatic rings. The van der Waals surface area contributed by atoms with E-state index in [0.29, 0.717) is 15.7 Å². The summed E-state index contributed by atoms with van der Waals surface area (Å²) < 4.78 is 0. The molecule has 1 atom stereocenters.